The number of hydrogen-bond donors (Lipinski definition) is 1. The van der Waals surface area contributed by atoms with Gasteiger partial charge in [0.15, 0.2) is 0 Å². The number of benzene rings is 1. The first-order valence-corrected chi connectivity index (χ1v) is 9.24. The number of rotatable bonds is 7. The van der Waals surface area contributed by atoms with Gasteiger partial charge in [0.25, 0.3) is 0 Å². The summed E-state index contributed by atoms with van der Waals surface area (Å²) in [6.45, 7) is 0.652. The summed E-state index contributed by atoms with van der Waals surface area (Å²) in [6.07, 6.45) is 0. The molecule has 5 nitrogen and oxygen atoms in total. The number of primary sulfonamides is 1. The highest BCUT2D eigenvalue weighted by Crippen LogP contribution is 2.36. The van der Waals surface area contributed by atoms with E-state index < -0.39 is 10.0 Å². The molecule has 0 spiro atoms. The third-order valence-corrected chi connectivity index (χ3v) is 4.32. The highest BCUT2D eigenvalue weighted by atomic mass is 79.9. The molecule has 0 aliphatic carbocycles. The molecule has 2 N–H and O–H groups in total. The van der Waals surface area contributed by atoms with Crippen LogP contribution in [0.3, 0.4) is 0 Å². The zero-order chi connectivity index (χ0) is 14.5. The summed E-state index contributed by atoms with van der Waals surface area (Å²) in [5, 5.41) is 4.84. The molecular formula is C10H12Br3NO4S. The van der Waals surface area contributed by atoms with Gasteiger partial charge in [-0.3, -0.25) is 0 Å². The van der Waals surface area contributed by atoms with E-state index in [0.29, 0.717) is 12.4 Å². The molecule has 0 aromatic heterocycles. The van der Waals surface area contributed by atoms with Crippen LogP contribution < -0.4 is 9.88 Å². The second-order valence-corrected chi connectivity index (χ2v) is 7.88. The van der Waals surface area contributed by atoms with Crippen molar-refractivity contribution in [1.29, 1.82) is 0 Å². The van der Waals surface area contributed by atoms with Crippen LogP contribution in [-0.4, -0.2) is 34.0 Å². The van der Waals surface area contributed by atoms with Crippen molar-refractivity contribution in [2.45, 2.75) is 0 Å². The van der Waals surface area contributed by atoms with Crippen LogP contribution in [0.1, 0.15) is 0 Å². The minimum Gasteiger partial charge on any atom is -0.489 e. The second kappa shape index (κ2) is 7.94. The number of hydrogen-bond acceptors (Lipinski definition) is 4. The topological polar surface area (TPSA) is 78.6 Å². The second-order valence-electron chi connectivity index (χ2n) is 3.53. The number of halogens is 3. The highest BCUT2D eigenvalue weighted by Gasteiger charge is 2.08. The summed E-state index contributed by atoms with van der Waals surface area (Å²) in [7, 11) is -3.47. The Morgan fingerprint density at radius 3 is 2.16 bits per heavy atom. The zero-order valence-electron chi connectivity index (χ0n) is 9.74. The van der Waals surface area contributed by atoms with Crippen molar-refractivity contribution < 1.29 is 17.9 Å². The van der Waals surface area contributed by atoms with Gasteiger partial charge in [-0.1, -0.05) is 15.9 Å². The Hall–Kier alpha value is 0.330. The van der Waals surface area contributed by atoms with Gasteiger partial charge < -0.3 is 9.47 Å². The molecule has 1 aromatic rings. The molecule has 0 aliphatic rings. The number of ether oxygens (including phenoxy) is 2. The maximum Gasteiger partial charge on any atom is 0.211 e. The fourth-order valence-electron chi connectivity index (χ4n) is 1.15. The quantitative estimate of drug-likeness (QED) is 0.607. The predicted octanol–water partition coefficient (Wildman–Crippen LogP) is 2.66. The Bertz CT molecular complexity index is 513. The maximum absolute atomic E-state index is 10.7. The van der Waals surface area contributed by atoms with Gasteiger partial charge in [-0.25, -0.2) is 13.6 Å². The number of nitrogens with two attached hydrogens (primary N) is 1. The van der Waals surface area contributed by atoms with Crippen molar-refractivity contribution in [2.24, 2.45) is 5.14 Å². The van der Waals surface area contributed by atoms with Crippen molar-refractivity contribution >= 4 is 57.8 Å². The van der Waals surface area contributed by atoms with E-state index in [1.165, 1.54) is 0 Å². The van der Waals surface area contributed by atoms with Gasteiger partial charge in [0.2, 0.25) is 10.0 Å². The summed E-state index contributed by atoms with van der Waals surface area (Å²) in [6, 6.07) is 3.73. The van der Waals surface area contributed by atoms with Crippen molar-refractivity contribution in [3.63, 3.8) is 0 Å². The third-order valence-electron chi connectivity index (χ3n) is 1.95. The third kappa shape index (κ3) is 7.05. The van der Waals surface area contributed by atoms with Gasteiger partial charge >= 0.3 is 0 Å². The van der Waals surface area contributed by atoms with Crippen LogP contribution in [0.4, 0.5) is 0 Å². The fraction of sp³-hybridized carbons (Fsp3) is 0.400. The largest absolute Gasteiger partial charge is 0.489 e. The number of sulfonamides is 1. The smallest absolute Gasteiger partial charge is 0.211 e. The zero-order valence-corrected chi connectivity index (χ0v) is 15.3. The van der Waals surface area contributed by atoms with Gasteiger partial charge in [0.1, 0.15) is 12.4 Å². The summed E-state index contributed by atoms with van der Waals surface area (Å²) < 4.78 is 34.5. The van der Waals surface area contributed by atoms with E-state index in [1.807, 2.05) is 12.1 Å². The Balaban J connectivity index is 2.34. The maximum atomic E-state index is 10.7. The molecule has 0 saturated carbocycles. The first-order valence-electron chi connectivity index (χ1n) is 5.15. The lowest BCUT2D eigenvalue weighted by Gasteiger charge is -2.11. The van der Waals surface area contributed by atoms with Gasteiger partial charge in [0, 0.05) is 4.47 Å². The molecule has 0 amide bonds. The molecule has 0 unspecified atom stereocenters. The average Bonchev–Trinajstić information content (AvgIpc) is 2.24. The Kier molecular flexibility index (Phi) is 7.26. The Morgan fingerprint density at radius 1 is 1.05 bits per heavy atom. The molecule has 1 rings (SSSR count). The first kappa shape index (κ1) is 17.4. The van der Waals surface area contributed by atoms with E-state index in [9.17, 15) is 8.42 Å². The summed E-state index contributed by atoms with van der Waals surface area (Å²) in [5.41, 5.74) is 0. The van der Waals surface area contributed by atoms with Crippen molar-refractivity contribution in [3.05, 3.63) is 25.6 Å². The first-order chi connectivity index (χ1) is 8.79. The monoisotopic (exact) mass is 479 g/mol. The molecule has 1 aromatic carbocycles. The van der Waals surface area contributed by atoms with E-state index in [4.69, 9.17) is 14.6 Å². The lowest BCUT2D eigenvalue weighted by molar-refractivity contribution is 0.110. The van der Waals surface area contributed by atoms with Crippen LogP contribution >= 0.6 is 47.8 Å². The molecule has 0 saturated heterocycles. The molecule has 0 bridgehead atoms. The summed E-state index contributed by atoms with van der Waals surface area (Å²) in [5.74, 6) is 0.469. The molecule has 0 atom stereocenters. The SMILES string of the molecule is NS(=O)(=O)CCOCCOc1c(Br)cc(Br)cc1Br. The highest BCUT2D eigenvalue weighted by molar-refractivity contribution is 9.11. The van der Waals surface area contributed by atoms with Gasteiger partial charge in [-0.2, -0.15) is 0 Å². The normalized spacial score (nSPS) is 11.6. The average molecular weight is 482 g/mol. The Labute approximate surface area is 137 Å². The summed E-state index contributed by atoms with van der Waals surface area (Å²) in [4.78, 5) is 0. The van der Waals surface area contributed by atoms with Crippen LogP contribution in [0.15, 0.2) is 25.6 Å². The van der Waals surface area contributed by atoms with E-state index >= 15 is 0 Å². The Morgan fingerprint density at radius 2 is 1.63 bits per heavy atom. The molecule has 0 aliphatic heterocycles. The van der Waals surface area contributed by atoms with Crippen molar-refractivity contribution in [1.82, 2.24) is 0 Å². The lowest BCUT2D eigenvalue weighted by Crippen LogP contribution is -2.21. The van der Waals surface area contributed by atoms with Crippen molar-refractivity contribution in [3.8, 4) is 5.75 Å². The van der Waals surface area contributed by atoms with E-state index in [1.54, 1.807) is 0 Å². The molecule has 19 heavy (non-hydrogen) atoms. The van der Waals surface area contributed by atoms with Gasteiger partial charge in [-0.15, -0.1) is 0 Å². The molecule has 0 heterocycles. The predicted molar refractivity (Wildman–Crippen MR) is 83.8 cm³/mol. The minimum atomic E-state index is -3.47. The van der Waals surface area contributed by atoms with Crippen LogP contribution in [0.5, 0.6) is 5.75 Å². The molecule has 108 valence electrons. The van der Waals surface area contributed by atoms with E-state index in [-0.39, 0.29) is 19.0 Å². The summed E-state index contributed by atoms with van der Waals surface area (Å²) >= 11 is 10.1. The van der Waals surface area contributed by atoms with E-state index in [0.717, 1.165) is 13.4 Å². The standard InChI is InChI=1S/C10H12Br3NO4S/c11-7-5-8(12)10(9(13)6-7)18-2-1-17-3-4-19(14,15)16/h5-6H,1-4H2,(H2,14,15,16). The molecular weight excluding hydrogens is 470 g/mol. The van der Waals surface area contributed by atoms with Gasteiger partial charge in [-0.05, 0) is 44.0 Å². The van der Waals surface area contributed by atoms with Crippen molar-refractivity contribution in [2.75, 3.05) is 25.6 Å². The molecule has 0 fully saturated rings. The molecule has 9 heteroatoms. The lowest BCUT2D eigenvalue weighted by atomic mass is 10.3. The van der Waals surface area contributed by atoms with Crippen LogP contribution in [0.25, 0.3) is 0 Å². The van der Waals surface area contributed by atoms with Crippen LogP contribution in [-0.2, 0) is 14.8 Å². The van der Waals surface area contributed by atoms with Crippen LogP contribution in [0.2, 0.25) is 0 Å². The molecule has 0 radical (unpaired) electrons. The van der Waals surface area contributed by atoms with E-state index in [2.05, 4.69) is 47.8 Å². The fourth-order valence-corrected chi connectivity index (χ4v) is 3.98. The minimum absolute atomic E-state index is 0.0604. The van der Waals surface area contributed by atoms with Gasteiger partial charge in [0.05, 0.1) is 27.9 Å². The van der Waals surface area contributed by atoms with Crippen LogP contribution in [0, 0.1) is 0 Å².